The maximum absolute atomic E-state index is 11.5. The topological polar surface area (TPSA) is 101 Å². The van der Waals surface area contributed by atoms with Crippen LogP contribution in [0.15, 0.2) is 16.9 Å². The van der Waals surface area contributed by atoms with E-state index in [0.29, 0.717) is 12.5 Å². The number of nitrogens with one attached hydrogen (secondary N) is 2. The molecule has 1 aromatic rings. The molecular weight excluding hydrogens is 208 g/mol. The lowest BCUT2D eigenvalue weighted by molar-refractivity contribution is 0.0943. The number of aromatic nitrogens is 2. The Hall–Kier alpha value is -1.69. The van der Waals surface area contributed by atoms with Crippen LogP contribution in [0.25, 0.3) is 0 Å². The van der Waals surface area contributed by atoms with Crippen LogP contribution in [0, 0.1) is 5.92 Å². The van der Waals surface area contributed by atoms with Crippen LogP contribution < -0.4 is 16.6 Å². The normalized spacial score (nSPS) is 12.5. The second kappa shape index (κ2) is 5.41. The zero-order chi connectivity index (χ0) is 12.1. The van der Waals surface area contributed by atoms with Gasteiger partial charge in [-0.3, -0.25) is 9.59 Å². The molecule has 0 spiro atoms. The highest BCUT2D eigenvalue weighted by molar-refractivity contribution is 5.91. The van der Waals surface area contributed by atoms with Crippen LogP contribution in [0.3, 0.4) is 0 Å². The first-order valence-corrected chi connectivity index (χ1v) is 5.10. The molecule has 1 amide bonds. The van der Waals surface area contributed by atoms with E-state index in [4.69, 9.17) is 5.73 Å². The third-order valence-electron chi connectivity index (χ3n) is 2.27. The number of carbonyl (C=O) groups is 1. The van der Waals surface area contributed by atoms with Gasteiger partial charge in [0.25, 0.3) is 11.5 Å². The van der Waals surface area contributed by atoms with E-state index in [1.807, 2.05) is 13.8 Å². The molecule has 6 nitrogen and oxygen atoms in total. The number of nitrogens with two attached hydrogens (primary N) is 1. The largest absolute Gasteiger partial charge is 0.349 e. The lowest BCUT2D eigenvalue weighted by Gasteiger charge is -2.15. The van der Waals surface area contributed by atoms with Gasteiger partial charge in [-0.05, 0) is 12.0 Å². The molecule has 0 saturated heterocycles. The van der Waals surface area contributed by atoms with E-state index in [0.717, 1.165) is 0 Å². The maximum Gasteiger partial charge on any atom is 0.271 e. The predicted octanol–water partition coefficient (Wildman–Crippen LogP) is -0.517. The Kier molecular flexibility index (Phi) is 4.19. The quantitative estimate of drug-likeness (QED) is 0.640. The number of aromatic amines is 1. The Bertz CT molecular complexity index is 393. The highest BCUT2D eigenvalue weighted by Crippen LogP contribution is 1.96. The van der Waals surface area contributed by atoms with Gasteiger partial charge in [0.1, 0.15) is 5.69 Å². The minimum absolute atomic E-state index is 0.0910. The molecule has 1 heterocycles. The van der Waals surface area contributed by atoms with Gasteiger partial charge in [0.05, 0.1) is 0 Å². The van der Waals surface area contributed by atoms with Gasteiger partial charge in [-0.15, -0.1) is 0 Å². The van der Waals surface area contributed by atoms with Crippen LogP contribution in [-0.4, -0.2) is 28.7 Å². The number of nitrogens with zero attached hydrogens (tertiary/aromatic N) is 1. The monoisotopic (exact) mass is 224 g/mol. The molecule has 6 heteroatoms. The van der Waals surface area contributed by atoms with Gasteiger partial charge in [0.15, 0.2) is 0 Å². The van der Waals surface area contributed by atoms with Gasteiger partial charge in [-0.25, -0.2) is 5.10 Å². The van der Waals surface area contributed by atoms with E-state index in [9.17, 15) is 9.59 Å². The fourth-order valence-corrected chi connectivity index (χ4v) is 1.01. The van der Waals surface area contributed by atoms with E-state index in [1.54, 1.807) is 0 Å². The summed E-state index contributed by atoms with van der Waals surface area (Å²) in [5.41, 5.74) is 5.61. The Morgan fingerprint density at radius 2 is 2.25 bits per heavy atom. The zero-order valence-electron chi connectivity index (χ0n) is 9.36. The predicted molar refractivity (Wildman–Crippen MR) is 60.0 cm³/mol. The Labute approximate surface area is 93.2 Å². The smallest absolute Gasteiger partial charge is 0.271 e. The van der Waals surface area contributed by atoms with Crippen molar-refractivity contribution in [3.63, 3.8) is 0 Å². The van der Waals surface area contributed by atoms with E-state index >= 15 is 0 Å². The summed E-state index contributed by atoms with van der Waals surface area (Å²) in [5.74, 6) is -0.0452. The van der Waals surface area contributed by atoms with Crippen molar-refractivity contribution < 1.29 is 4.79 Å². The minimum atomic E-state index is -0.340. The van der Waals surface area contributed by atoms with Crippen molar-refractivity contribution in [1.29, 1.82) is 0 Å². The number of hydrogen-bond acceptors (Lipinski definition) is 4. The molecule has 0 radical (unpaired) electrons. The van der Waals surface area contributed by atoms with Gasteiger partial charge >= 0.3 is 0 Å². The van der Waals surface area contributed by atoms with Gasteiger partial charge in [-0.1, -0.05) is 13.8 Å². The average Bonchev–Trinajstić information content (AvgIpc) is 2.26. The molecule has 0 aliphatic heterocycles. The summed E-state index contributed by atoms with van der Waals surface area (Å²) in [5, 5.41) is 8.46. The summed E-state index contributed by atoms with van der Waals surface area (Å²) in [6.07, 6.45) is 0. The zero-order valence-corrected chi connectivity index (χ0v) is 9.36. The number of hydrogen-bond donors (Lipinski definition) is 3. The van der Waals surface area contributed by atoms with Crippen molar-refractivity contribution >= 4 is 5.91 Å². The van der Waals surface area contributed by atoms with Crippen molar-refractivity contribution in [3.05, 3.63) is 28.2 Å². The third kappa shape index (κ3) is 3.47. The number of amides is 1. The molecule has 1 unspecified atom stereocenters. The highest BCUT2D eigenvalue weighted by atomic mass is 16.2. The van der Waals surface area contributed by atoms with Crippen molar-refractivity contribution in [3.8, 4) is 0 Å². The first-order valence-electron chi connectivity index (χ1n) is 5.10. The second-order valence-electron chi connectivity index (χ2n) is 3.92. The average molecular weight is 224 g/mol. The second-order valence-corrected chi connectivity index (χ2v) is 3.92. The van der Waals surface area contributed by atoms with E-state index in [1.165, 1.54) is 12.1 Å². The molecule has 16 heavy (non-hydrogen) atoms. The van der Waals surface area contributed by atoms with Crippen molar-refractivity contribution in [2.24, 2.45) is 11.7 Å². The van der Waals surface area contributed by atoms with E-state index < -0.39 is 0 Å². The van der Waals surface area contributed by atoms with Crippen LogP contribution in [0.2, 0.25) is 0 Å². The Morgan fingerprint density at radius 3 is 2.75 bits per heavy atom. The molecule has 0 aromatic carbocycles. The molecule has 0 aliphatic rings. The van der Waals surface area contributed by atoms with Crippen LogP contribution in [-0.2, 0) is 0 Å². The van der Waals surface area contributed by atoms with Crippen LogP contribution in [0.5, 0.6) is 0 Å². The van der Waals surface area contributed by atoms with Gasteiger partial charge in [-0.2, -0.15) is 5.10 Å². The van der Waals surface area contributed by atoms with Crippen LogP contribution >= 0.6 is 0 Å². The fraction of sp³-hybridized carbons (Fsp3) is 0.500. The third-order valence-corrected chi connectivity index (χ3v) is 2.27. The molecule has 1 rings (SSSR count). The van der Waals surface area contributed by atoms with Crippen LogP contribution in [0.1, 0.15) is 24.3 Å². The molecule has 1 atom stereocenters. The summed E-state index contributed by atoms with van der Waals surface area (Å²) in [7, 11) is 0. The van der Waals surface area contributed by atoms with E-state index in [-0.39, 0.29) is 23.2 Å². The fourth-order valence-electron chi connectivity index (χ4n) is 1.01. The van der Waals surface area contributed by atoms with Gasteiger partial charge in [0.2, 0.25) is 0 Å². The summed E-state index contributed by atoms with van der Waals surface area (Å²) >= 11 is 0. The molecule has 0 bridgehead atoms. The van der Waals surface area contributed by atoms with Gasteiger partial charge in [0, 0.05) is 18.7 Å². The lowest BCUT2D eigenvalue weighted by Crippen LogP contribution is -2.40. The standard InChI is InChI=1S/C10H16N4O2/c1-6(2)7(11)5-12-10(16)8-3-4-9(15)14-13-8/h3-4,6-7H,5,11H2,1-2H3,(H,12,16)(H,14,15). The van der Waals surface area contributed by atoms with Crippen molar-refractivity contribution in [1.82, 2.24) is 15.5 Å². The van der Waals surface area contributed by atoms with E-state index in [2.05, 4.69) is 15.5 Å². The molecule has 1 aromatic heterocycles. The number of H-pyrrole nitrogens is 1. The highest BCUT2D eigenvalue weighted by Gasteiger charge is 2.11. The van der Waals surface area contributed by atoms with Crippen molar-refractivity contribution in [2.45, 2.75) is 19.9 Å². The number of carbonyl (C=O) groups excluding carboxylic acids is 1. The summed E-state index contributed by atoms with van der Waals surface area (Å²) < 4.78 is 0. The number of rotatable bonds is 4. The first kappa shape index (κ1) is 12.4. The summed E-state index contributed by atoms with van der Waals surface area (Å²) in [6, 6.07) is 2.53. The SMILES string of the molecule is CC(C)C(N)CNC(=O)c1ccc(=O)[nH]n1. The lowest BCUT2D eigenvalue weighted by atomic mass is 10.1. The minimum Gasteiger partial charge on any atom is -0.349 e. The molecule has 0 fully saturated rings. The summed E-state index contributed by atoms with van der Waals surface area (Å²) in [6.45, 7) is 4.35. The Balaban J connectivity index is 2.53. The molecule has 88 valence electrons. The summed E-state index contributed by atoms with van der Waals surface area (Å²) in [4.78, 5) is 22.3. The molecule has 4 N–H and O–H groups in total. The maximum atomic E-state index is 11.5. The molecule has 0 aliphatic carbocycles. The Morgan fingerprint density at radius 1 is 1.56 bits per heavy atom. The van der Waals surface area contributed by atoms with Crippen LogP contribution in [0.4, 0.5) is 0 Å². The van der Waals surface area contributed by atoms with Gasteiger partial charge < -0.3 is 11.1 Å². The first-order chi connectivity index (χ1) is 7.50. The molecular formula is C10H16N4O2. The van der Waals surface area contributed by atoms with Crippen molar-refractivity contribution in [2.75, 3.05) is 6.54 Å². The molecule has 0 saturated carbocycles.